The van der Waals surface area contributed by atoms with Crippen molar-refractivity contribution in [1.82, 2.24) is 0 Å². The fourth-order valence-electron chi connectivity index (χ4n) is 4.05. The summed E-state index contributed by atoms with van der Waals surface area (Å²) in [6.45, 7) is 0.460. The Bertz CT molecular complexity index is 927. The number of ether oxygens (including phenoxy) is 2. The van der Waals surface area contributed by atoms with Gasteiger partial charge in [0.05, 0.1) is 19.7 Å². The molecule has 0 aromatic heterocycles. The lowest BCUT2D eigenvalue weighted by atomic mass is 9.80. The highest BCUT2D eigenvalue weighted by Gasteiger charge is 2.47. The van der Waals surface area contributed by atoms with Crippen molar-refractivity contribution in [2.75, 3.05) is 34.0 Å². The van der Waals surface area contributed by atoms with Crippen molar-refractivity contribution in [2.45, 2.75) is 31.3 Å². The van der Waals surface area contributed by atoms with Crippen molar-refractivity contribution in [2.24, 2.45) is 5.92 Å². The highest BCUT2D eigenvalue weighted by atomic mass is 19.1. The monoisotopic (exact) mass is 444 g/mol. The molecule has 0 spiro atoms. The molecule has 1 aliphatic carbocycles. The van der Waals surface area contributed by atoms with Gasteiger partial charge >= 0.3 is 11.9 Å². The van der Waals surface area contributed by atoms with Gasteiger partial charge in [-0.3, -0.25) is 4.48 Å². The predicted molar refractivity (Wildman–Crippen MR) is 117 cm³/mol. The summed E-state index contributed by atoms with van der Waals surface area (Å²) in [4.78, 5) is 25.2. The van der Waals surface area contributed by atoms with Crippen LogP contribution in [0, 0.1) is 11.7 Å². The van der Waals surface area contributed by atoms with E-state index in [1.54, 1.807) is 24.3 Å². The van der Waals surface area contributed by atoms with Crippen LogP contribution in [0.2, 0.25) is 0 Å². The zero-order valence-corrected chi connectivity index (χ0v) is 18.6. The maximum Gasteiger partial charge on any atom is 0.343 e. The molecule has 0 bridgehead atoms. The molecule has 1 N–H and O–H groups in total. The molecule has 0 aliphatic heterocycles. The first-order valence-corrected chi connectivity index (χ1v) is 10.9. The van der Waals surface area contributed by atoms with E-state index in [4.69, 9.17) is 9.47 Å². The number of benzene rings is 2. The maximum atomic E-state index is 13.3. The van der Waals surface area contributed by atoms with Gasteiger partial charge in [-0.05, 0) is 36.6 Å². The summed E-state index contributed by atoms with van der Waals surface area (Å²) < 4.78 is 24.4. The Morgan fingerprint density at radius 2 is 1.75 bits per heavy atom. The van der Waals surface area contributed by atoms with E-state index in [2.05, 4.69) is 0 Å². The van der Waals surface area contributed by atoms with Gasteiger partial charge in [-0.15, -0.1) is 0 Å². The topological polar surface area (TPSA) is 72.8 Å². The second-order valence-electron chi connectivity index (χ2n) is 8.98. The quantitative estimate of drug-likeness (QED) is 0.363. The van der Waals surface area contributed by atoms with E-state index in [0.717, 1.165) is 31.7 Å². The molecule has 3 rings (SSSR count). The summed E-state index contributed by atoms with van der Waals surface area (Å²) in [5, 5.41) is 11.4. The number of nitrogens with zero attached hydrogens (tertiary/aromatic N) is 1. The molecule has 1 atom stereocenters. The van der Waals surface area contributed by atoms with Gasteiger partial charge in [0.1, 0.15) is 19.0 Å². The van der Waals surface area contributed by atoms with Crippen LogP contribution in [-0.2, 0) is 19.9 Å². The van der Waals surface area contributed by atoms with Crippen molar-refractivity contribution in [3.63, 3.8) is 0 Å². The van der Waals surface area contributed by atoms with E-state index in [1.165, 1.54) is 18.2 Å². The number of hydrogen-bond acceptors (Lipinski definition) is 5. The molecule has 172 valence electrons. The Hall–Kier alpha value is -2.77. The van der Waals surface area contributed by atoms with Crippen LogP contribution in [-0.4, -0.2) is 55.5 Å². The standard InChI is InChI=1S/C25H31FNO5/c1-27(2,18-32-23(28)19-9-8-14-22(26)17-19)15-16-31-24(29)25(30,21-12-6-7-13-21)20-10-4-3-5-11-20/h3-5,8-11,14,17,21,30H,6-7,12-13,15-16,18H2,1-2H3/q+1/t25-/m1/s1. The molecule has 7 heteroatoms. The minimum absolute atomic E-state index is 0.0263. The van der Waals surface area contributed by atoms with Crippen LogP contribution in [0.25, 0.3) is 0 Å². The highest BCUT2D eigenvalue weighted by molar-refractivity contribution is 5.89. The molecule has 0 unspecified atom stereocenters. The second-order valence-corrected chi connectivity index (χ2v) is 8.98. The molecule has 0 radical (unpaired) electrons. The average molecular weight is 445 g/mol. The number of rotatable bonds is 9. The van der Waals surface area contributed by atoms with Gasteiger partial charge in [0, 0.05) is 5.92 Å². The van der Waals surface area contributed by atoms with Crippen molar-refractivity contribution >= 4 is 11.9 Å². The molecular weight excluding hydrogens is 413 g/mol. The number of aliphatic hydroxyl groups is 1. The van der Waals surface area contributed by atoms with Gasteiger partial charge in [-0.2, -0.15) is 0 Å². The minimum atomic E-state index is -1.67. The van der Waals surface area contributed by atoms with Gasteiger partial charge in [-0.1, -0.05) is 49.2 Å². The first-order valence-electron chi connectivity index (χ1n) is 10.9. The molecular formula is C25H31FNO5+. The van der Waals surface area contributed by atoms with Gasteiger partial charge in [0.25, 0.3) is 0 Å². The van der Waals surface area contributed by atoms with Crippen LogP contribution in [0.15, 0.2) is 54.6 Å². The predicted octanol–water partition coefficient (Wildman–Crippen LogP) is 3.64. The van der Waals surface area contributed by atoms with E-state index >= 15 is 0 Å². The number of halogens is 1. The molecule has 2 aromatic rings. The molecule has 0 heterocycles. The fourth-order valence-corrected chi connectivity index (χ4v) is 4.05. The van der Waals surface area contributed by atoms with Gasteiger partial charge < -0.3 is 14.6 Å². The third-order valence-electron chi connectivity index (χ3n) is 6.01. The number of quaternary nitrogens is 1. The number of hydrogen-bond donors (Lipinski definition) is 1. The van der Waals surface area contributed by atoms with E-state index in [1.807, 2.05) is 20.2 Å². The highest BCUT2D eigenvalue weighted by Crippen LogP contribution is 2.41. The molecule has 1 aliphatic rings. The second kappa shape index (κ2) is 10.2. The van der Waals surface area contributed by atoms with Gasteiger partial charge in [0.2, 0.25) is 6.73 Å². The van der Waals surface area contributed by atoms with Gasteiger partial charge in [0.15, 0.2) is 5.60 Å². The molecule has 0 saturated heterocycles. The number of likely N-dealkylation sites (N-methyl/N-ethyl adjacent to an activating group) is 1. The van der Waals surface area contributed by atoms with Crippen molar-refractivity contribution in [1.29, 1.82) is 0 Å². The summed E-state index contributed by atoms with van der Waals surface area (Å²) in [7, 11) is 3.65. The van der Waals surface area contributed by atoms with E-state index in [0.29, 0.717) is 12.1 Å². The van der Waals surface area contributed by atoms with Crippen LogP contribution in [0.5, 0.6) is 0 Å². The van der Waals surface area contributed by atoms with Crippen LogP contribution in [0.3, 0.4) is 0 Å². The normalized spacial score (nSPS) is 16.4. The smallest absolute Gasteiger partial charge is 0.343 e. The van der Waals surface area contributed by atoms with Crippen LogP contribution >= 0.6 is 0 Å². The van der Waals surface area contributed by atoms with Crippen LogP contribution < -0.4 is 0 Å². The van der Waals surface area contributed by atoms with E-state index in [9.17, 15) is 19.1 Å². The number of esters is 2. The maximum absolute atomic E-state index is 13.3. The Labute approximate surface area is 188 Å². The average Bonchev–Trinajstić information content (AvgIpc) is 3.33. The zero-order valence-electron chi connectivity index (χ0n) is 18.6. The Morgan fingerprint density at radius 3 is 2.41 bits per heavy atom. The van der Waals surface area contributed by atoms with E-state index < -0.39 is 23.4 Å². The third-order valence-corrected chi connectivity index (χ3v) is 6.01. The minimum Gasteiger partial charge on any atom is -0.457 e. The van der Waals surface area contributed by atoms with Crippen molar-refractivity contribution in [3.8, 4) is 0 Å². The lowest BCUT2D eigenvalue weighted by molar-refractivity contribution is -0.907. The summed E-state index contributed by atoms with van der Waals surface area (Å²) in [5.41, 5.74) is -0.978. The fraction of sp³-hybridized carbons (Fsp3) is 0.440. The van der Waals surface area contributed by atoms with Crippen LogP contribution in [0.1, 0.15) is 41.6 Å². The Kier molecular flexibility index (Phi) is 7.64. The summed E-state index contributed by atoms with van der Waals surface area (Å²) >= 11 is 0. The first kappa shape index (κ1) is 23.9. The molecule has 2 aromatic carbocycles. The first-order chi connectivity index (χ1) is 15.2. The SMILES string of the molecule is C[N+](C)(CCOC(=O)[C@@](O)(c1ccccc1)C1CCCC1)COC(=O)c1cccc(F)c1. The third kappa shape index (κ3) is 5.72. The zero-order chi connectivity index (χ0) is 23.2. The van der Waals surface area contributed by atoms with Crippen molar-refractivity contribution < 1.29 is 33.0 Å². The van der Waals surface area contributed by atoms with E-state index in [-0.39, 0.29) is 29.3 Å². The summed E-state index contributed by atoms with van der Waals surface area (Å²) in [5.74, 6) is -1.94. The summed E-state index contributed by atoms with van der Waals surface area (Å²) in [6, 6.07) is 14.3. The molecule has 1 fully saturated rings. The van der Waals surface area contributed by atoms with Gasteiger partial charge in [-0.25, -0.2) is 14.0 Å². The lowest BCUT2D eigenvalue weighted by Crippen LogP contribution is -2.47. The number of carbonyl (C=O) groups is 2. The number of carbonyl (C=O) groups excluding carboxylic acids is 2. The Balaban J connectivity index is 1.56. The molecule has 0 amide bonds. The Morgan fingerprint density at radius 1 is 1.06 bits per heavy atom. The molecule has 32 heavy (non-hydrogen) atoms. The lowest BCUT2D eigenvalue weighted by Gasteiger charge is -2.33. The van der Waals surface area contributed by atoms with Crippen molar-refractivity contribution in [3.05, 3.63) is 71.5 Å². The van der Waals surface area contributed by atoms with Crippen LogP contribution in [0.4, 0.5) is 4.39 Å². The summed E-state index contributed by atoms with van der Waals surface area (Å²) in [6.07, 6.45) is 3.51. The molecule has 6 nitrogen and oxygen atoms in total. The largest absolute Gasteiger partial charge is 0.457 e. The molecule has 1 saturated carbocycles.